The molecule has 0 aliphatic rings. The third-order valence-corrected chi connectivity index (χ3v) is 5.41. The van der Waals surface area contributed by atoms with Crippen molar-refractivity contribution in [3.8, 4) is 0 Å². The highest BCUT2D eigenvalue weighted by atomic mass is 32.2. The molecule has 1 aromatic carbocycles. The molecular weight excluding hydrogens is 324 g/mol. The fraction of sp³-hybridized carbons (Fsp3) is 0.214. The number of hydrogen-bond acceptors (Lipinski definition) is 5. The second-order valence-electron chi connectivity index (χ2n) is 4.54. The highest BCUT2D eigenvalue weighted by Gasteiger charge is 2.17. The molecule has 0 aliphatic heterocycles. The van der Waals surface area contributed by atoms with E-state index in [1.54, 1.807) is 7.11 Å². The number of amides is 1. The minimum atomic E-state index is -3.78. The van der Waals surface area contributed by atoms with E-state index in [0.717, 1.165) is 16.9 Å². The molecule has 118 valence electrons. The molecule has 6 nitrogen and oxygen atoms in total. The molecule has 0 aliphatic carbocycles. The van der Waals surface area contributed by atoms with Gasteiger partial charge < -0.3 is 10.1 Å². The molecule has 2 aromatic rings. The summed E-state index contributed by atoms with van der Waals surface area (Å²) >= 11 is 0.916. The second kappa shape index (κ2) is 7.01. The minimum Gasteiger partial charge on any atom is -0.375 e. The van der Waals surface area contributed by atoms with Crippen molar-refractivity contribution in [1.29, 1.82) is 0 Å². The van der Waals surface area contributed by atoms with Crippen LogP contribution in [0.5, 0.6) is 0 Å². The Morgan fingerprint density at radius 1 is 1.36 bits per heavy atom. The summed E-state index contributed by atoms with van der Waals surface area (Å²) in [6.45, 7) is 0.278. The van der Waals surface area contributed by atoms with E-state index in [1.165, 1.54) is 11.4 Å². The first-order chi connectivity index (χ1) is 10.4. The third-order valence-electron chi connectivity index (χ3n) is 3.02. The van der Waals surface area contributed by atoms with Gasteiger partial charge in [0.2, 0.25) is 10.0 Å². The van der Waals surface area contributed by atoms with Crippen molar-refractivity contribution < 1.29 is 17.9 Å². The first-order valence-electron chi connectivity index (χ1n) is 6.39. The number of thiophene rings is 1. The fourth-order valence-corrected chi connectivity index (χ4v) is 3.46. The molecule has 0 radical (unpaired) electrons. The Kier molecular flexibility index (Phi) is 5.30. The standard InChI is InChI=1S/C14H16N2O4S2/c1-20-12(10-5-3-2-4-6-10)8-16-14(17)11-7-13(21-9-11)22(15,18)19/h2-7,9,12H,8H2,1H3,(H,16,17)(H2,15,18,19)/t12-/m1/s1. The van der Waals surface area contributed by atoms with Gasteiger partial charge in [0, 0.05) is 19.0 Å². The summed E-state index contributed by atoms with van der Waals surface area (Å²) in [4.78, 5) is 12.0. The maximum atomic E-state index is 12.0. The molecule has 1 aromatic heterocycles. The summed E-state index contributed by atoms with van der Waals surface area (Å²) in [5.74, 6) is -0.371. The maximum Gasteiger partial charge on any atom is 0.252 e. The molecule has 22 heavy (non-hydrogen) atoms. The van der Waals surface area contributed by atoms with Crippen LogP contribution in [0, 0.1) is 0 Å². The van der Waals surface area contributed by atoms with E-state index in [4.69, 9.17) is 9.88 Å². The van der Waals surface area contributed by atoms with Gasteiger partial charge in [0.1, 0.15) is 4.21 Å². The zero-order valence-corrected chi connectivity index (χ0v) is 13.5. The predicted molar refractivity (Wildman–Crippen MR) is 84.2 cm³/mol. The lowest BCUT2D eigenvalue weighted by molar-refractivity contribution is 0.0828. The van der Waals surface area contributed by atoms with Gasteiger partial charge in [-0.15, -0.1) is 11.3 Å². The molecule has 0 spiro atoms. The van der Waals surface area contributed by atoms with E-state index >= 15 is 0 Å². The molecule has 2 rings (SSSR count). The lowest BCUT2D eigenvalue weighted by Gasteiger charge is -2.16. The van der Waals surface area contributed by atoms with E-state index in [2.05, 4.69) is 5.32 Å². The van der Waals surface area contributed by atoms with Crippen LogP contribution >= 0.6 is 11.3 Å². The van der Waals surface area contributed by atoms with Crippen LogP contribution in [0.15, 0.2) is 46.0 Å². The number of ether oxygens (including phenoxy) is 1. The van der Waals surface area contributed by atoms with Crippen LogP contribution in [-0.4, -0.2) is 28.0 Å². The van der Waals surface area contributed by atoms with Crippen LogP contribution in [0.3, 0.4) is 0 Å². The SMILES string of the molecule is CO[C@H](CNC(=O)c1csc(S(N)(=O)=O)c1)c1ccccc1. The van der Waals surface area contributed by atoms with Crippen LogP contribution in [0.1, 0.15) is 22.0 Å². The largest absolute Gasteiger partial charge is 0.375 e. The molecule has 1 amide bonds. The number of nitrogens with two attached hydrogens (primary N) is 1. The van der Waals surface area contributed by atoms with Gasteiger partial charge in [-0.3, -0.25) is 4.79 Å². The van der Waals surface area contributed by atoms with Crippen LogP contribution in [0.2, 0.25) is 0 Å². The summed E-state index contributed by atoms with van der Waals surface area (Å²) in [6.07, 6.45) is -0.276. The Bertz CT molecular complexity index is 741. The Labute approximate surface area is 133 Å². The van der Waals surface area contributed by atoms with Gasteiger partial charge in [0.25, 0.3) is 5.91 Å². The normalized spacial score (nSPS) is 12.8. The minimum absolute atomic E-state index is 0.0380. The number of rotatable bonds is 6. The number of sulfonamides is 1. The highest BCUT2D eigenvalue weighted by Crippen LogP contribution is 2.19. The Morgan fingerprint density at radius 2 is 2.05 bits per heavy atom. The zero-order chi connectivity index (χ0) is 16.2. The van der Waals surface area contributed by atoms with Gasteiger partial charge in [-0.25, -0.2) is 13.6 Å². The molecule has 1 heterocycles. The molecule has 0 fully saturated rings. The first-order valence-corrected chi connectivity index (χ1v) is 8.81. The highest BCUT2D eigenvalue weighted by molar-refractivity contribution is 7.91. The smallest absolute Gasteiger partial charge is 0.252 e. The van der Waals surface area contributed by atoms with Gasteiger partial charge in [0.15, 0.2) is 0 Å². The topological polar surface area (TPSA) is 98.5 Å². The summed E-state index contributed by atoms with van der Waals surface area (Å²) in [5, 5.41) is 9.20. The monoisotopic (exact) mass is 340 g/mol. The van der Waals surface area contributed by atoms with Crippen LogP contribution in [0.25, 0.3) is 0 Å². The first kappa shape index (κ1) is 16.6. The number of carbonyl (C=O) groups excluding carboxylic acids is 1. The molecule has 0 saturated carbocycles. The van der Waals surface area contributed by atoms with Crippen molar-refractivity contribution >= 4 is 27.3 Å². The Balaban J connectivity index is 2.01. The van der Waals surface area contributed by atoms with Crippen LogP contribution in [-0.2, 0) is 14.8 Å². The van der Waals surface area contributed by atoms with E-state index in [-0.39, 0.29) is 28.3 Å². The summed E-state index contributed by atoms with van der Waals surface area (Å²) in [5.41, 5.74) is 1.21. The van der Waals surface area contributed by atoms with Gasteiger partial charge >= 0.3 is 0 Å². The molecule has 0 bridgehead atoms. The Hall–Kier alpha value is -1.74. The third kappa shape index (κ3) is 4.14. The molecule has 3 N–H and O–H groups in total. The number of primary sulfonamides is 1. The molecule has 8 heteroatoms. The van der Waals surface area contributed by atoms with E-state index < -0.39 is 10.0 Å². The molecule has 0 saturated heterocycles. The Morgan fingerprint density at radius 3 is 2.59 bits per heavy atom. The molecule has 0 unspecified atom stereocenters. The number of hydrogen-bond donors (Lipinski definition) is 2. The van der Waals surface area contributed by atoms with Crippen LogP contribution < -0.4 is 10.5 Å². The number of nitrogens with one attached hydrogen (secondary N) is 1. The van der Waals surface area contributed by atoms with Gasteiger partial charge in [0.05, 0.1) is 11.7 Å². The van der Waals surface area contributed by atoms with Gasteiger partial charge in [-0.1, -0.05) is 30.3 Å². The van der Waals surface area contributed by atoms with Crippen molar-refractivity contribution in [3.05, 3.63) is 52.9 Å². The zero-order valence-electron chi connectivity index (χ0n) is 11.9. The van der Waals surface area contributed by atoms with Crippen molar-refractivity contribution in [2.45, 2.75) is 10.3 Å². The van der Waals surface area contributed by atoms with Crippen molar-refractivity contribution in [2.24, 2.45) is 5.14 Å². The average Bonchev–Trinajstić information content (AvgIpc) is 2.99. The lowest BCUT2D eigenvalue weighted by atomic mass is 10.1. The summed E-state index contributed by atoms with van der Waals surface area (Å²) in [7, 11) is -2.22. The second-order valence-corrected chi connectivity index (χ2v) is 7.24. The van der Waals surface area contributed by atoms with E-state index in [1.807, 2.05) is 30.3 Å². The predicted octanol–water partition coefficient (Wildman–Crippen LogP) is 1.51. The van der Waals surface area contributed by atoms with Crippen molar-refractivity contribution in [3.63, 3.8) is 0 Å². The van der Waals surface area contributed by atoms with Gasteiger partial charge in [-0.05, 0) is 11.6 Å². The average molecular weight is 340 g/mol. The van der Waals surface area contributed by atoms with E-state index in [9.17, 15) is 13.2 Å². The van der Waals surface area contributed by atoms with Crippen LogP contribution in [0.4, 0.5) is 0 Å². The fourth-order valence-electron chi connectivity index (χ4n) is 1.88. The number of benzene rings is 1. The summed E-state index contributed by atoms with van der Waals surface area (Å²) in [6, 6.07) is 10.8. The van der Waals surface area contributed by atoms with Gasteiger partial charge in [-0.2, -0.15) is 0 Å². The maximum absolute atomic E-state index is 12.0. The van der Waals surface area contributed by atoms with Crippen molar-refractivity contribution in [1.82, 2.24) is 5.32 Å². The van der Waals surface area contributed by atoms with E-state index in [0.29, 0.717) is 0 Å². The lowest BCUT2D eigenvalue weighted by Crippen LogP contribution is -2.28. The molecule has 1 atom stereocenters. The molecular formula is C14H16N2O4S2. The number of carbonyl (C=O) groups is 1. The summed E-state index contributed by atoms with van der Waals surface area (Å²) < 4.78 is 27.7. The van der Waals surface area contributed by atoms with Crippen molar-refractivity contribution in [2.75, 3.05) is 13.7 Å². The quantitative estimate of drug-likeness (QED) is 0.833. The number of methoxy groups -OCH3 is 1.